The minimum absolute atomic E-state index is 0.176. The second-order valence-electron chi connectivity index (χ2n) is 6.38. The number of anilines is 1. The van der Waals surface area contributed by atoms with Gasteiger partial charge in [-0.1, -0.05) is 40.9 Å². The molecule has 164 valence electrons. The van der Waals surface area contributed by atoms with E-state index in [0.717, 1.165) is 11.6 Å². The van der Waals surface area contributed by atoms with Crippen LogP contribution in [-0.4, -0.2) is 18.0 Å². The highest BCUT2D eigenvalue weighted by molar-refractivity contribution is 6.40. The van der Waals surface area contributed by atoms with Gasteiger partial charge in [0.15, 0.2) is 0 Å². The number of carbonyl (C=O) groups is 2. The smallest absolute Gasteiger partial charge is 0.329 e. The van der Waals surface area contributed by atoms with Crippen LogP contribution in [0, 0.1) is 5.82 Å². The lowest BCUT2D eigenvalue weighted by Gasteiger charge is -2.08. The van der Waals surface area contributed by atoms with Crippen molar-refractivity contribution in [2.75, 3.05) is 5.32 Å². The molecule has 2 N–H and O–H groups in total. The second-order valence-corrected chi connectivity index (χ2v) is 7.63. The van der Waals surface area contributed by atoms with Gasteiger partial charge < -0.3 is 10.1 Å². The van der Waals surface area contributed by atoms with Crippen LogP contribution in [-0.2, 0) is 16.2 Å². The molecule has 0 aliphatic rings. The van der Waals surface area contributed by atoms with Crippen LogP contribution in [0.5, 0.6) is 5.75 Å². The Bertz CT molecular complexity index is 1170. The zero-order valence-corrected chi connectivity index (χ0v) is 18.5. The number of hydrogen-bond donors (Lipinski definition) is 2. The lowest BCUT2D eigenvalue weighted by atomic mass is 10.2. The van der Waals surface area contributed by atoms with Gasteiger partial charge >= 0.3 is 11.8 Å². The van der Waals surface area contributed by atoms with Crippen LogP contribution in [0.15, 0.2) is 65.8 Å². The van der Waals surface area contributed by atoms with E-state index in [9.17, 15) is 14.0 Å². The first-order chi connectivity index (χ1) is 15.3. The van der Waals surface area contributed by atoms with Crippen molar-refractivity contribution in [3.63, 3.8) is 0 Å². The SMILES string of the molecule is O=C(NN=Cc1ccc(OCc2ccc(Cl)cc2Cl)cc1)C(=O)Nc1ccc(F)c(Cl)c1. The van der Waals surface area contributed by atoms with Crippen LogP contribution in [0.4, 0.5) is 10.1 Å². The molecule has 0 atom stereocenters. The first kappa shape index (κ1) is 23.5. The summed E-state index contributed by atoms with van der Waals surface area (Å²) >= 11 is 17.6. The topological polar surface area (TPSA) is 79.8 Å². The lowest BCUT2D eigenvalue weighted by Crippen LogP contribution is -2.32. The molecular weight excluding hydrogens is 480 g/mol. The van der Waals surface area contributed by atoms with Crippen molar-refractivity contribution >= 4 is 58.5 Å². The van der Waals surface area contributed by atoms with Crippen molar-refractivity contribution in [3.8, 4) is 5.75 Å². The molecule has 3 aromatic rings. The minimum atomic E-state index is -0.999. The van der Waals surface area contributed by atoms with E-state index in [1.807, 2.05) is 0 Å². The Morgan fingerprint density at radius 2 is 1.69 bits per heavy atom. The summed E-state index contributed by atoms with van der Waals surface area (Å²) in [6.07, 6.45) is 1.36. The summed E-state index contributed by atoms with van der Waals surface area (Å²) in [5.41, 5.74) is 3.74. The number of rotatable bonds is 6. The Kier molecular flexibility index (Phi) is 8.05. The van der Waals surface area contributed by atoms with Gasteiger partial charge in [0.2, 0.25) is 0 Å². The van der Waals surface area contributed by atoms with Crippen molar-refractivity contribution in [2.45, 2.75) is 6.61 Å². The fraction of sp³-hybridized carbons (Fsp3) is 0.0455. The molecule has 0 saturated heterocycles. The van der Waals surface area contributed by atoms with Gasteiger partial charge in [0, 0.05) is 21.3 Å². The summed E-state index contributed by atoms with van der Waals surface area (Å²) in [6, 6.07) is 15.6. The Morgan fingerprint density at radius 1 is 0.938 bits per heavy atom. The molecule has 6 nitrogen and oxygen atoms in total. The van der Waals surface area contributed by atoms with E-state index in [4.69, 9.17) is 39.5 Å². The zero-order valence-electron chi connectivity index (χ0n) is 16.2. The number of nitrogens with one attached hydrogen (secondary N) is 2. The average molecular weight is 495 g/mol. The Balaban J connectivity index is 1.49. The quantitative estimate of drug-likeness (QED) is 0.271. The first-order valence-corrected chi connectivity index (χ1v) is 10.2. The maximum atomic E-state index is 13.1. The molecule has 0 saturated carbocycles. The number of halogens is 4. The normalized spacial score (nSPS) is 10.8. The fourth-order valence-corrected chi connectivity index (χ4v) is 3.07. The van der Waals surface area contributed by atoms with Gasteiger partial charge in [-0.25, -0.2) is 9.82 Å². The zero-order chi connectivity index (χ0) is 23.1. The number of ether oxygens (including phenoxy) is 1. The van der Waals surface area contributed by atoms with Gasteiger partial charge in [0.1, 0.15) is 18.2 Å². The standard InChI is InChI=1S/C22H15Cl3FN3O3/c23-15-4-3-14(18(24)9-15)12-32-17-6-1-13(2-7-17)11-27-29-22(31)21(30)28-16-5-8-20(26)19(25)10-16/h1-11H,12H2,(H,28,30)(H,29,31). The highest BCUT2D eigenvalue weighted by Crippen LogP contribution is 2.23. The highest BCUT2D eigenvalue weighted by Gasteiger charge is 2.13. The summed E-state index contributed by atoms with van der Waals surface area (Å²) < 4.78 is 18.8. The number of nitrogens with zero attached hydrogens (tertiary/aromatic N) is 1. The number of amides is 2. The van der Waals surface area contributed by atoms with Crippen LogP contribution >= 0.6 is 34.8 Å². The van der Waals surface area contributed by atoms with Crippen molar-refractivity contribution in [2.24, 2.45) is 5.10 Å². The summed E-state index contributed by atoms with van der Waals surface area (Å²) in [5.74, 6) is -2.01. The minimum Gasteiger partial charge on any atom is -0.489 e. The molecule has 32 heavy (non-hydrogen) atoms. The number of carbonyl (C=O) groups excluding carboxylic acids is 2. The summed E-state index contributed by atoms with van der Waals surface area (Å²) in [6.45, 7) is 0.272. The van der Waals surface area contributed by atoms with Crippen LogP contribution in [0.3, 0.4) is 0 Å². The van der Waals surface area contributed by atoms with E-state index in [0.29, 0.717) is 21.4 Å². The third kappa shape index (κ3) is 6.68. The van der Waals surface area contributed by atoms with E-state index < -0.39 is 17.6 Å². The van der Waals surface area contributed by atoms with Gasteiger partial charge in [-0.15, -0.1) is 0 Å². The monoisotopic (exact) mass is 493 g/mol. The highest BCUT2D eigenvalue weighted by atomic mass is 35.5. The second kappa shape index (κ2) is 10.9. The van der Waals surface area contributed by atoms with Gasteiger partial charge in [-0.3, -0.25) is 9.59 Å². The number of benzene rings is 3. The van der Waals surface area contributed by atoms with E-state index in [1.165, 1.54) is 18.3 Å². The maximum Gasteiger partial charge on any atom is 0.329 e. The van der Waals surface area contributed by atoms with Gasteiger partial charge in [0.05, 0.1) is 11.2 Å². The van der Waals surface area contributed by atoms with E-state index >= 15 is 0 Å². The van der Waals surface area contributed by atoms with Crippen LogP contribution in [0.25, 0.3) is 0 Å². The molecule has 0 heterocycles. The largest absolute Gasteiger partial charge is 0.489 e. The number of hydrazone groups is 1. The first-order valence-electron chi connectivity index (χ1n) is 9.08. The predicted octanol–water partition coefficient (Wildman–Crippen LogP) is 5.45. The molecule has 0 unspecified atom stereocenters. The van der Waals surface area contributed by atoms with E-state index in [1.54, 1.807) is 42.5 Å². The Hall–Kier alpha value is -3.13. The molecule has 10 heteroatoms. The van der Waals surface area contributed by atoms with Crippen molar-refractivity contribution in [3.05, 3.63) is 92.7 Å². The molecule has 3 rings (SSSR count). The van der Waals surface area contributed by atoms with Gasteiger partial charge in [0.25, 0.3) is 0 Å². The van der Waals surface area contributed by atoms with Crippen molar-refractivity contribution in [1.29, 1.82) is 0 Å². The Morgan fingerprint density at radius 3 is 2.38 bits per heavy atom. The fourth-order valence-electron chi connectivity index (χ4n) is 2.43. The van der Waals surface area contributed by atoms with E-state index in [2.05, 4.69) is 15.8 Å². The summed E-state index contributed by atoms with van der Waals surface area (Å²) in [5, 5.41) is 6.92. The predicted molar refractivity (Wildman–Crippen MR) is 123 cm³/mol. The lowest BCUT2D eigenvalue weighted by molar-refractivity contribution is -0.136. The molecular formula is C22H15Cl3FN3O3. The Labute approximate surface area is 197 Å². The number of hydrogen-bond acceptors (Lipinski definition) is 4. The molecule has 0 bridgehead atoms. The maximum absolute atomic E-state index is 13.1. The van der Waals surface area contributed by atoms with Gasteiger partial charge in [-0.05, 0) is 60.2 Å². The van der Waals surface area contributed by atoms with Crippen LogP contribution < -0.4 is 15.5 Å². The molecule has 0 aliphatic carbocycles. The third-order valence-electron chi connectivity index (χ3n) is 4.05. The van der Waals surface area contributed by atoms with Gasteiger partial charge in [-0.2, -0.15) is 5.10 Å². The van der Waals surface area contributed by atoms with Crippen molar-refractivity contribution < 1.29 is 18.7 Å². The summed E-state index contributed by atoms with van der Waals surface area (Å²) in [7, 11) is 0. The molecule has 2 amide bonds. The van der Waals surface area contributed by atoms with Crippen LogP contribution in [0.2, 0.25) is 15.1 Å². The molecule has 0 spiro atoms. The molecule has 0 radical (unpaired) electrons. The third-order valence-corrected chi connectivity index (χ3v) is 4.93. The van der Waals surface area contributed by atoms with Crippen molar-refractivity contribution in [1.82, 2.24) is 5.43 Å². The van der Waals surface area contributed by atoms with Crippen LogP contribution in [0.1, 0.15) is 11.1 Å². The molecule has 0 fully saturated rings. The molecule has 3 aromatic carbocycles. The summed E-state index contributed by atoms with van der Waals surface area (Å²) in [4.78, 5) is 23.7. The molecule has 0 aliphatic heterocycles. The average Bonchev–Trinajstić information content (AvgIpc) is 2.76. The molecule has 0 aromatic heterocycles. The van der Waals surface area contributed by atoms with E-state index in [-0.39, 0.29) is 17.3 Å².